The van der Waals surface area contributed by atoms with Gasteiger partial charge in [0.2, 0.25) is 0 Å². The van der Waals surface area contributed by atoms with E-state index in [1.165, 1.54) is 51.4 Å². The maximum absolute atomic E-state index is 12.8. The number of ether oxygens (including phenoxy) is 1. The van der Waals surface area contributed by atoms with Crippen LogP contribution in [0, 0.1) is 46.3 Å². The molecule has 4 rings (SSSR count). The van der Waals surface area contributed by atoms with Crippen LogP contribution < -0.4 is 11.5 Å². The van der Waals surface area contributed by atoms with E-state index >= 15 is 0 Å². The number of allylic oxidation sites excluding steroid dienone is 3. The van der Waals surface area contributed by atoms with Crippen LogP contribution in [0.3, 0.4) is 0 Å². The average Bonchev–Trinajstić information content (AvgIpc) is 3.20. The van der Waals surface area contributed by atoms with Gasteiger partial charge in [-0.3, -0.25) is 0 Å². The van der Waals surface area contributed by atoms with Crippen LogP contribution in [-0.4, -0.2) is 12.1 Å². The number of esters is 1. The largest absolute Gasteiger partial charge is 0.459 e. The van der Waals surface area contributed by atoms with Crippen LogP contribution in [0.25, 0.3) is 0 Å². The molecule has 0 aliphatic heterocycles. The highest BCUT2D eigenvalue weighted by Crippen LogP contribution is 2.67. The van der Waals surface area contributed by atoms with Crippen LogP contribution in [0.1, 0.15) is 112 Å². The Labute approximate surface area is 238 Å². The van der Waals surface area contributed by atoms with E-state index in [4.69, 9.17) is 16.2 Å². The smallest absolute Gasteiger partial charge is 0.334 e. The summed E-state index contributed by atoms with van der Waals surface area (Å²) < 4.78 is 5.98. The van der Waals surface area contributed by atoms with Gasteiger partial charge in [-0.25, -0.2) is 4.79 Å². The van der Waals surface area contributed by atoms with Gasteiger partial charge in [0, 0.05) is 23.4 Å². The van der Waals surface area contributed by atoms with Crippen LogP contribution in [0.2, 0.25) is 0 Å². The lowest BCUT2D eigenvalue weighted by molar-refractivity contribution is -0.146. The molecular formula is C35H56N2O2. The van der Waals surface area contributed by atoms with Gasteiger partial charge in [0.1, 0.15) is 6.10 Å². The zero-order chi connectivity index (χ0) is 28.5. The third-order valence-electron chi connectivity index (χ3n) is 11.6. The third-order valence-corrected chi connectivity index (χ3v) is 11.6. The first-order valence-electron chi connectivity index (χ1n) is 15.9. The van der Waals surface area contributed by atoms with Gasteiger partial charge < -0.3 is 16.2 Å². The van der Waals surface area contributed by atoms with Gasteiger partial charge in [-0.2, -0.15) is 0 Å². The quantitative estimate of drug-likeness (QED) is 0.135. The maximum atomic E-state index is 12.8. The number of fused-ring (bicyclic) bond motifs is 5. The lowest BCUT2D eigenvalue weighted by atomic mass is 9.47. The fourth-order valence-electron chi connectivity index (χ4n) is 9.56. The lowest BCUT2D eigenvalue weighted by Gasteiger charge is -2.58. The number of nitrogens with two attached hydrogens (primary N) is 2. The molecule has 3 fully saturated rings. The van der Waals surface area contributed by atoms with Gasteiger partial charge in [-0.05, 0) is 110 Å². The van der Waals surface area contributed by atoms with Crippen LogP contribution in [0.5, 0.6) is 0 Å². The molecule has 4 nitrogen and oxygen atoms in total. The van der Waals surface area contributed by atoms with Crippen LogP contribution in [-0.2, 0) is 9.53 Å². The maximum Gasteiger partial charge on any atom is 0.334 e. The fourth-order valence-corrected chi connectivity index (χ4v) is 9.56. The summed E-state index contributed by atoms with van der Waals surface area (Å²) in [6.07, 6.45) is 19.6. The standard InChI is InChI=1S/C35H56N2O2/c1-22(2)9-8-10-23(3)30-13-14-31-29-12-11-26-21-28(39-33(38)24(4)19-27(37)20-25(5)36)15-17-34(26,6)32(29)16-18-35(30,31)7/h11,19-20,22-23,28-32H,5,8-10,12-18,21,36-37H2,1-4,6-7H3/b24-19+,27-20+. The molecule has 0 bridgehead atoms. The van der Waals surface area contributed by atoms with Crippen LogP contribution >= 0.6 is 0 Å². The van der Waals surface area contributed by atoms with Gasteiger partial charge in [-0.15, -0.1) is 0 Å². The predicted octanol–water partition coefficient (Wildman–Crippen LogP) is 8.20. The van der Waals surface area contributed by atoms with Crippen LogP contribution in [0.4, 0.5) is 0 Å². The van der Waals surface area contributed by atoms with E-state index in [0.29, 0.717) is 22.4 Å². The van der Waals surface area contributed by atoms with Gasteiger partial charge >= 0.3 is 5.97 Å². The van der Waals surface area contributed by atoms with Crippen molar-refractivity contribution in [2.45, 2.75) is 118 Å². The molecule has 0 aromatic heterocycles. The summed E-state index contributed by atoms with van der Waals surface area (Å²) in [6, 6.07) is 0. The van der Waals surface area contributed by atoms with E-state index in [9.17, 15) is 4.79 Å². The minimum absolute atomic E-state index is 0.0530. The molecule has 0 saturated heterocycles. The molecule has 8 atom stereocenters. The van der Waals surface area contributed by atoms with Gasteiger partial charge in [0.05, 0.1) is 0 Å². The number of hydrogen-bond donors (Lipinski definition) is 2. The highest BCUT2D eigenvalue weighted by molar-refractivity contribution is 5.88. The summed E-state index contributed by atoms with van der Waals surface area (Å²) in [5.74, 6) is 4.75. The first kappa shape index (κ1) is 30.0. The molecule has 0 aromatic rings. The molecule has 4 aliphatic rings. The van der Waals surface area contributed by atoms with Crippen molar-refractivity contribution in [2.24, 2.45) is 57.8 Å². The van der Waals surface area contributed by atoms with E-state index in [0.717, 1.165) is 54.8 Å². The molecule has 8 unspecified atom stereocenters. The number of carbonyl (C=O) groups is 1. The summed E-state index contributed by atoms with van der Waals surface area (Å²) in [7, 11) is 0. The Hall–Kier alpha value is -1.97. The summed E-state index contributed by atoms with van der Waals surface area (Å²) in [6.45, 7) is 17.9. The summed E-state index contributed by atoms with van der Waals surface area (Å²) in [5, 5.41) is 0. The van der Waals surface area contributed by atoms with Gasteiger partial charge in [0.15, 0.2) is 0 Å². The first-order valence-corrected chi connectivity index (χ1v) is 15.9. The summed E-state index contributed by atoms with van der Waals surface area (Å²) in [5.41, 5.74) is 15.1. The Bertz CT molecular complexity index is 1020. The molecule has 4 heteroatoms. The minimum Gasteiger partial charge on any atom is -0.459 e. The molecule has 218 valence electrons. The van der Waals surface area contributed by atoms with Crippen molar-refractivity contribution in [1.82, 2.24) is 0 Å². The van der Waals surface area contributed by atoms with Crippen molar-refractivity contribution in [3.8, 4) is 0 Å². The molecule has 39 heavy (non-hydrogen) atoms. The Morgan fingerprint density at radius 2 is 1.82 bits per heavy atom. The molecule has 3 saturated carbocycles. The topological polar surface area (TPSA) is 78.3 Å². The molecule has 4 N–H and O–H groups in total. The molecule has 0 radical (unpaired) electrons. The molecule has 0 aromatic carbocycles. The number of rotatable bonds is 9. The second-order valence-corrected chi connectivity index (χ2v) is 14.6. The Balaban J connectivity index is 1.41. The summed E-state index contributed by atoms with van der Waals surface area (Å²) >= 11 is 0. The van der Waals surface area contributed by atoms with Crippen molar-refractivity contribution in [3.63, 3.8) is 0 Å². The van der Waals surface area contributed by atoms with Crippen molar-refractivity contribution < 1.29 is 9.53 Å². The van der Waals surface area contributed by atoms with E-state index in [-0.39, 0.29) is 17.5 Å². The van der Waals surface area contributed by atoms with Gasteiger partial charge in [0.25, 0.3) is 0 Å². The van der Waals surface area contributed by atoms with Crippen molar-refractivity contribution in [2.75, 3.05) is 0 Å². The number of carbonyl (C=O) groups excluding carboxylic acids is 1. The van der Waals surface area contributed by atoms with Gasteiger partial charge in [-0.1, -0.05) is 72.1 Å². The molecule has 0 amide bonds. The minimum atomic E-state index is -0.287. The highest BCUT2D eigenvalue weighted by Gasteiger charge is 2.59. The van der Waals surface area contributed by atoms with E-state index in [1.54, 1.807) is 24.6 Å². The van der Waals surface area contributed by atoms with Crippen molar-refractivity contribution >= 4 is 5.97 Å². The van der Waals surface area contributed by atoms with E-state index in [1.807, 2.05) is 0 Å². The fraction of sp³-hybridized carbons (Fsp3) is 0.743. The molecule has 4 aliphatic carbocycles. The Morgan fingerprint density at radius 1 is 1.08 bits per heavy atom. The zero-order valence-electron chi connectivity index (χ0n) is 25.7. The monoisotopic (exact) mass is 536 g/mol. The van der Waals surface area contributed by atoms with Crippen LogP contribution in [0.15, 0.2) is 47.3 Å². The Kier molecular flexibility index (Phi) is 9.13. The van der Waals surface area contributed by atoms with E-state index < -0.39 is 0 Å². The second-order valence-electron chi connectivity index (χ2n) is 14.6. The lowest BCUT2D eigenvalue weighted by Crippen LogP contribution is -2.51. The zero-order valence-corrected chi connectivity index (χ0v) is 25.7. The third kappa shape index (κ3) is 6.20. The highest BCUT2D eigenvalue weighted by atomic mass is 16.5. The molecule has 0 spiro atoms. The molecule has 0 heterocycles. The van der Waals surface area contributed by atoms with Crippen molar-refractivity contribution in [3.05, 3.63) is 47.3 Å². The van der Waals surface area contributed by atoms with Crippen molar-refractivity contribution in [1.29, 1.82) is 0 Å². The number of hydrogen-bond acceptors (Lipinski definition) is 4. The SMILES string of the molecule is C=C(N)/C=C(N)\C=C(/C)C(=O)OC1CCC2(C)C(=CCC3C2CCC2(C)C(C(C)CCCC(C)C)CCC32)C1. The summed E-state index contributed by atoms with van der Waals surface area (Å²) in [4.78, 5) is 12.8. The predicted molar refractivity (Wildman–Crippen MR) is 162 cm³/mol. The normalized spacial score (nSPS) is 37.4. The first-order chi connectivity index (χ1) is 18.3. The average molecular weight is 537 g/mol. The molecular weight excluding hydrogens is 480 g/mol. The van der Waals surface area contributed by atoms with E-state index in [2.05, 4.69) is 47.3 Å². The second kappa shape index (κ2) is 11.9. The Morgan fingerprint density at radius 3 is 2.51 bits per heavy atom.